The van der Waals surface area contributed by atoms with Crippen LogP contribution in [0.2, 0.25) is 0 Å². The maximum absolute atomic E-state index is 12.9. The van der Waals surface area contributed by atoms with Crippen molar-refractivity contribution in [3.63, 3.8) is 0 Å². The molecule has 0 saturated carbocycles. The van der Waals surface area contributed by atoms with Gasteiger partial charge < -0.3 is 10.6 Å². The molecule has 0 radical (unpaired) electrons. The SMILES string of the molecule is O=C(CCC1NC(=O)NC1=O)Nc1cccc(F)c1. The van der Waals surface area contributed by atoms with Gasteiger partial charge in [-0.15, -0.1) is 0 Å². The van der Waals surface area contributed by atoms with E-state index in [-0.39, 0.29) is 18.7 Å². The molecule has 1 heterocycles. The van der Waals surface area contributed by atoms with E-state index in [1.807, 2.05) is 0 Å². The molecule has 7 heteroatoms. The molecule has 0 aromatic heterocycles. The maximum atomic E-state index is 12.9. The molecule has 1 aliphatic rings. The summed E-state index contributed by atoms with van der Waals surface area (Å²) in [7, 11) is 0. The number of anilines is 1. The first kappa shape index (κ1) is 13.0. The minimum atomic E-state index is -0.689. The second-order valence-electron chi connectivity index (χ2n) is 4.11. The van der Waals surface area contributed by atoms with Crippen molar-refractivity contribution >= 4 is 23.5 Å². The highest BCUT2D eigenvalue weighted by Crippen LogP contribution is 2.10. The first-order valence-electron chi connectivity index (χ1n) is 5.71. The lowest BCUT2D eigenvalue weighted by molar-refractivity contribution is -0.120. The summed E-state index contributed by atoms with van der Waals surface area (Å²) in [5.74, 6) is -1.23. The molecular formula is C12H12FN3O3. The van der Waals surface area contributed by atoms with Crippen molar-refractivity contribution in [3.05, 3.63) is 30.1 Å². The minimum Gasteiger partial charge on any atom is -0.326 e. The number of benzene rings is 1. The predicted molar refractivity (Wildman–Crippen MR) is 64.7 cm³/mol. The number of halogens is 1. The minimum absolute atomic E-state index is 0.0505. The summed E-state index contributed by atoms with van der Waals surface area (Å²) in [6, 6.07) is 4.27. The molecule has 100 valence electrons. The van der Waals surface area contributed by atoms with Crippen molar-refractivity contribution in [2.45, 2.75) is 18.9 Å². The van der Waals surface area contributed by atoms with Gasteiger partial charge in [0.15, 0.2) is 0 Å². The second kappa shape index (κ2) is 5.47. The quantitative estimate of drug-likeness (QED) is 0.702. The zero-order chi connectivity index (χ0) is 13.8. The summed E-state index contributed by atoms with van der Waals surface area (Å²) in [4.78, 5) is 33.7. The third kappa shape index (κ3) is 3.51. The number of urea groups is 1. The molecule has 1 aromatic rings. The zero-order valence-electron chi connectivity index (χ0n) is 9.90. The molecule has 1 fully saturated rings. The second-order valence-corrected chi connectivity index (χ2v) is 4.11. The summed E-state index contributed by atoms with van der Waals surface area (Å²) in [5, 5.41) is 6.98. The van der Waals surface area contributed by atoms with Gasteiger partial charge in [0.2, 0.25) is 5.91 Å². The predicted octanol–water partition coefficient (Wildman–Crippen LogP) is 0.752. The lowest BCUT2D eigenvalue weighted by atomic mass is 10.1. The van der Waals surface area contributed by atoms with Gasteiger partial charge >= 0.3 is 6.03 Å². The average molecular weight is 265 g/mol. The van der Waals surface area contributed by atoms with Crippen molar-refractivity contribution in [2.75, 3.05) is 5.32 Å². The Morgan fingerprint density at radius 3 is 2.79 bits per heavy atom. The van der Waals surface area contributed by atoms with Gasteiger partial charge in [0.1, 0.15) is 11.9 Å². The number of imide groups is 1. The topological polar surface area (TPSA) is 87.3 Å². The number of carbonyl (C=O) groups is 3. The van der Waals surface area contributed by atoms with E-state index in [1.54, 1.807) is 6.07 Å². The molecule has 1 atom stereocenters. The van der Waals surface area contributed by atoms with Crippen LogP contribution in [0.3, 0.4) is 0 Å². The van der Waals surface area contributed by atoms with E-state index in [4.69, 9.17) is 0 Å². The van der Waals surface area contributed by atoms with Gasteiger partial charge in [0, 0.05) is 12.1 Å². The first-order valence-corrected chi connectivity index (χ1v) is 5.71. The van der Waals surface area contributed by atoms with Crippen LogP contribution in [-0.2, 0) is 9.59 Å². The molecule has 6 nitrogen and oxygen atoms in total. The monoisotopic (exact) mass is 265 g/mol. The molecular weight excluding hydrogens is 253 g/mol. The lowest BCUT2D eigenvalue weighted by Gasteiger charge is -2.08. The van der Waals surface area contributed by atoms with Gasteiger partial charge in [0.25, 0.3) is 5.91 Å². The van der Waals surface area contributed by atoms with Gasteiger partial charge in [-0.1, -0.05) is 6.07 Å². The number of carbonyl (C=O) groups excluding carboxylic acids is 3. The van der Waals surface area contributed by atoms with Crippen molar-refractivity contribution in [1.82, 2.24) is 10.6 Å². The van der Waals surface area contributed by atoms with Crippen LogP contribution in [0.4, 0.5) is 14.9 Å². The van der Waals surface area contributed by atoms with E-state index in [2.05, 4.69) is 16.0 Å². The Labute approximate surface area is 108 Å². The Bertz CT molecular complexity index is 533. The van der Waals surface area contributed by atoms with Gasteiger partial charge in [-0.3, -0.25) is 14.9 Å². The Kier molecular flexibility index (Phi) is 3.74. The van der Waals surface area contributed by atoms with E-state index < -0.39 is 23.8 Å². The van der Waals surface area contributed by atoms with Crippen LogP contribution in [0.15, 0.2) is 24.3 Å². The van der Waals surface area contributed by atoms with Crippen LogP contribution in [0, 0.1) is 5.82 Å². The third-order valence-corrected chi connectivity index (χ3v) is 2.63. The summed E-state index contributed by atoms with van der Waals surface area (Å²) < 4.78 is 12.9. The highest BCUT2D eigenvalue weighted by atomic mass is 19.1. The smallest absolute Gasteiger partial charge is 0.322 e. The van der Waals surface area contributed by atoms with E-state index in [9.17, 15) is 18.8 Å². The Morgan fingerprint density at radius 1 is 1.37 bits per heavy atom. The molecule has 0 spiro atoms. The first-order chi connectivity index (χ1) is 9.04. The number of amides is 4. The summed E-state index contributed by atoms with van der Waals surface area (Å²) >= 11 is 0. The molecule has 1 unspecified atom stereocenters. The van der Waals surface area contributed by atoms with E-state index in [0.717, 1.165) is 0 Å². The summed E-state index contributed by atoms with van der Waals surface area (Å²) in [6.45, 7) is 0. The normalized spacial score (nSPS) is 17.8. The Hall–Kier alpha value is -2.44. The van der Waals surface area contributed by atoms with Gasteiger partial charge in [-0.2, -0.15) is 0 Å². The van der Waals surface area contributed by atoms with Crippen LogP contribution >= 0.6 is 0 Å². The molecule has 4 amide bonds. The largest absolute Gasteiger partial charge is 0.326 e. The van der Waals surface area contributed by atoms with Crippen LogP contribution in [0.1, 0.15) is 12.8 Å². The molecule has 3 N–H and O–H groups in total. The number of hydrogen-bond acceptors (Lipinski definition) is 3. The van der Waals surface area contributed by atoms with E-state index >= 15 is 0 Å². The van der Waals surface area contributed by atoms with Crippen molar-refractivity contribution in [1.29, 1.82) is 0 Å². The molecule has 0 bridgehead atoms. The standard InChI is InChI=1S/C12H12FN3O3/c13-7-2-1-3-8(6-7)14-10(17)5-4-9-11(18)16-12(19)15-9/h1-3,6,9H,4-5H2,(H,14,17)(H2,15,16,18,19). The highest BCUT2D eigenvalue weighted by Gasteiger charge is 2.29. The zero-order valence-corrected chi connectivity index (χ0v) is 9.90. The van der Waals surface area contributed by atoms with Gasteiger partial charge in [0.05, 0.1) is 0 Å². The highest BCUT2D eigenvalue weighted by molar-refractivity contribution is 6.04. The van der Waals surface area contributed by atoms with Gasteiger partial charge in [-0.25, -0.2) is 9.18 Å². The fraction of sp³-hybridized carbons (Fsp3) is 0.250. The molecule has 0 aliphatic carbocycles. The molecule has 1 aliphatic heterocycles. The molecule has 19 heavy (non-hydrogen) atoms. The van der Waals surface area contributed by atoms with Crippen molar-refractivity contribution < 1.29 is 18.8 Å². The number of nitrogens with one attached hydrogen (secondary N) is 3. The number of hydrogen-bond donors (Lipinski definition) is 3. The van der Waals surface area contributed by atoms with E-state index in [1.165, 1.54) is 18.2 Å². The van der Waals surface area contributed by atoms with Crippen molar-refractivity contribution in [2.24, 2.45) is 0 Å². The van der Waals surface area contributed by atoms with Gasteiger partial charge in [-0.05, 0) is 24.6 Å². The fourth-order valence-electron chi connectivity index (χ4n) is 1.73. The summed E-state index contributed by atoms with van der Waals surface area (Å²) in [5.41, 5.74) is 0.352. The average Bonchev–Trinajstić information content (AvgIpc) is 2.65. The van der Waals surface area contributed by atoms with Crippen LogP contribution < -0.4 is 16.0 Å². The van der Waals surface area contributed by atoms with Crippen molar-refractivity contribution in [3.8, 4) is 0 Å². The van der Waals surface area contributed by atoms with Crippen LogP contribution in [0.25, 0.3) is 0 Å². The summed E-state index contributed by atoms with van der Waals surface area (Å²) in [6.07, 6.45) is 0.244. The van der Waals surface area contributed by atoms with Crippen LogP contribution in [-0.4, -0.2) is 23.9 Å². The molecule has 1 saturated heterocycles. The third-order valence-electron chi connectivity index (χ3n) is 2.63. The maximum Gasteiger partial charge on any atom is 0.322 e. The molecule has 2 rings (SSSR count). The Morgan fingerprint density at radius 2 is 2.16 bits per heavy atom. The number of rotatable bonds is 4. The molecule has 1 aromatic carbocycles. The Balaban J connectivity index is 1.82. The van der Waals surface area contributed by atoms with E-state index in [0.29, 0.717) is 5.69 Å². The fourth-order valence-corrected chi connectivity index (χ4v) is 1.73. The van der Waals surface area contributed by atoms with Crippen LogP contribution in [0.5, 0.6) is 0 Å². The lowest BCUT2D eigenvalue weighted by Crippen LogP contribution is -2.30.